The molecule has 0 radical (unpaired) electrons. The van der Waals surface area contributed by atoms with E-state index in [1.54, 1.807) is 0 Å². The monoisotopic (exact) mass is 635 g/mol. The fraction of sp³-hybridized carbons (Fsp3) is 1.00. The van der Waals surface area contributed by atoms with Crippen molar-refractivity contribution in [2.24, 2.45) is 0 Å². The molecule has 0 rings (SSSR count). The second kappa shape index (κ2) is 9.02. The molecule has 0 saturated carbocycles. The summed E-state index contributed by atoms with van der Waals surface area (Å²) in [5.41, 5.74) is 0. The van der Waals surface area contributed by atoms with Crippen LogP contribution in [0.3, 0.4) is 0 Å². The van der Waals surface area contributed by atoms with Crippen LogP contribution in [0.4, 0.5) is 0 Å². The van der Waals surface area contributed by atoms with E-state index in [-0.39, 0.29) is -2.43 Å². The molecule has 0 amide bonds. The zero-order valence-corrected chi connectivity index (χ0v) is 17.3. The average Bonchev–Trinajstić information content (AvgIpc) is 2.00. The van der Waals surface area contributed by atoms with Gasteiger partial charge in [-0.05, 0) is 20.8 Å². The van der Waals surface area contributed by atoms with Gasteiger partial charge in [-0.25, -0.2) is 0 Å². The third kappa shape index (κ3) is 17.6. The molecule has 13 heavy (non-hydrogen) atoms. The molecule has 6 heteroatoms. The Balaban J connectivity index is 0. The summed E-state index contributed by atoms with van der Waals surface area (Å²) in [6.45, 7) is 10.5. The van der Waals surface area contributed by atoms with Crippen LogP contribution in [-0.2, 0) is 0 Å². The molecule has 0 fully saturated rings. The van der Waals surface area contributed by atoms with Crippen molar-refractivity contribution in [3.8, 4) is 0 Å². The Morgan fingerprint density at radius 3 is 1.00 bits per heavy atom. The first-order valence-corrected chi connectivity index (χ1v) is 9.37. The molecular formula is C7H18BI4N. The van der Waals surface area contributed by atoms with Crippen LogP contribution in [-0.4, -0.2) is 28.7 Å². The largest absolute Gasteiger partial charge is 0.327 e. The SMILES string of the molecule is CC[N+](C)(CC)CC.I[B-](I)(I)I. The van der Waals surface area contributed by atoms with Crippen molar-refractivity contribution < 1.29 is 4.48 Å². The van der Waals surface area contributed by atoms with Gasteiger partial charge in [0.15, 0.2) is 0 Å². The van der Waals surface area contributed by atoms with Crippen molar-refractivity contribution in [2.45, 2.75) is 20.8 Å². The molecule has 0 spiro atoms. The number of hydrogen-bond acceptors (Lipinski definition) is 0. The molecule has 0 bridgehead atoms. The van der Waals surface area contributed by atoms with Crippen LogP contribution in [0.2, 0.25) is 0 Å². The number of quaternary nitrogens is 1. The minimum atomic E-state index is -0.120. The third-order valence-electron chi connectivity index (χ3n) is 2.29. The summed E-state index contributed by atoms with van der Waals surface area (Å²) in [5.74, 6) is 0. The van der Waals surface area contributed by atoms with E-state index in [4.69, 9.17) is 0 Å². The number of nitrogens with zero attached hydrogens (tertiary/aromatic N) is 1. The van der Waals surface area contributed by atoms with Crippen LogP contribution in [0, 0.1) is 0 Å². The highest BCUT2D eigenvalue weighted by atomic mass is 127. The molecule has 0 aliphatic carbocycles. The predicted molar refractivity (Wildman–Crippen MR) is 99.6 cm³/mol. The van der Waals surface area contributed by atoms with Gasteiger partial charge in [0.25, 0.3) is 0 Å². The van der Waals surface area contributed by atoms with Gasteiger partial charge in [-0.2, -0.15) is 0 Å². The summed E-state index contributed by atoms with van der Waals surface area (Å²) in [5, 5.41) is 0. The van der Waals surface area contributed by atoms with Gasteiger partial charge in [0.2, 0.25) is -2.43 Å². The van der Waals surface area contributed by atoms with Gasteiger partial charge in [-0.1, -0.05) is 0 Å². The van der Waals surface area contributed by atoms with Crippen LogP contribution in [0.15, 0.2) is 0 Å². The van der Waals surface area contributed by atoms with E-state index in [1.165, 1.54) is 24.1 Å². The molecule has 0 saturated heterocycles. The third-order valence-corrected chi connectivity index (χ3v) is 2.29. The van der Waals surface area contributed by atoms with Crippen molar-refractivity contribution in [3.05, 3.63) is 0 Å². The maximum Gasteiger partial charge on any atom is 0.234 e. The molecule has 1 nitrogen and oxygen atoms in total. The summed E-state index contributed by atoms with van der Waals surface area (Å²) < 4.78 is 1.09. The van der Waals surface area contributed by atoms with Crippen LogP contribution in [0.1, 0.15) is 20.8 Å². The first-order valence-electron chi connectivity index (χ1n) is 4.39. The lowest BCUT2D eigenvalue weighted by Crippen LogP contribution is -2.42. The minimum Gasteiger partial charge on any atom is -0.327 e. The van der Waals surface area contributed by atoms with Crippen LogP contribution < -0.4 is 0 Å². The Kier molecular flexibility index (Phi) is 12.7. The normalized spacial score (nSPS) is 12.0. The second-order valence-electron chi connectivity index (χ2n) is 3.06. The lowest BCUT2D eigenvalue weighted by molar-refractivity contribution is -0.904. The number of rotatable bonds is 3. The van der Waals surface area contributed by atoms with Gasteiger partial charge in [0.1, 0.15) is 0 Å². The van der Waals surface area contributed by atoms with Crippen molar-refractivity contribution in [3.63, 3.8) is 0 Å². The molecule has 0 heterocycles. The van der Waals surface area contributed by atoms with Crippen LogP contribution in [0.5, 0.6) is 0 Å². The Hall–Kier alpha value is 2.94. The quantitative estimate of drug-likeness (QED) is 0.241. The molecule has 0 atom stereocenters. The van der Waals surface area contributed by atoms with Crippen LogP contribution in [0.25, 0.3) is 0 Å². The smallest absolute Gasteiger partial charge is 0.234 e. The molecule has 0 aromatic heterocycles. The van der Waals surface area contributed by atoms with E-state index >= 15 is 0 Å². The zero-order valence-electron chi connectivity index (χ0n) is 8.66. The number of hydrogen-bond donors (Lipinski definition) is 0. The lowest BCUT2D eigenvalue weighted by atomic mass is 10.4. The number of halogens is 4. The molecule has 0 unspecified atom stereocenters. The van der Waals surface area contributed by atoms with Gasteiger partial charge in [0, 0.05) is 0 Å². The minimum absolute atomic E-state index is 0.120. The highest BCUT2D eigenvalue weighted by molar-refractivity contribution is 14.5. The van der Waals surface area contributed by atoms with E-state index in [0.29, 0.717) is 0 Å². The van der Waals surface area contributed by atoms with Gasteiger partial charge in [0.05, 0.1) is 26.7 Å². The zero-order chi connectivity index (χ0) is 11.1. The van der Waals surface area contributed by atoms with E-state index in [0.717, 1.165) is 0 Å². The van der Waals surface area contributed by atoms with Gasteiger partial charge in [-0.15, -0.1) is 0 Å². The summed E-state index contributed by atoms with van der Waals surface area (Å²) >= 11 is 9.60. The molecule has 0 aliphatic rings. The maximum atomic E-state index is 2.40. The van der Waals surface area contributed by atoms with Crippen molar-refractivity contribution in [1.29, 1.82) is 0 Å². The van der Waals surface area contributed by atoms with Gasteiger partial charge in [-0.3, -0.25) is 0 Å². The molecule has 0 aromatic rings. The first-order chi connectivity index (χ1) is 5.68. The highest BCUT2D eigenvalue weighted by Gasteiger charge is 2.10. The summed E-state index contributed by atoms with van der Waals surface area (Å²) in [4.78, 5) is 0. The maximum absolute atomic E-state index is 2.40. The first kappa shape index (κ1) is 18.3. The summed E-state index contributed by atoms with van der Waals surface area (Å²) in [6, 6.07) is 0. The van der Waals surface area contributed by atoms with E-state index in [2.05, 4.69) is 117 Å². The Morgan fingerprint density at radius 1 is 0.846 bits per heavy atom. The van der Waals surface area contributed by atoms with Crippen molar-refractivity contribution >= 4 is 87.1 Å². The molecule has 0 aromatic carbocycles. The summed E-state index contributed by atoms with van der Waals surface area (Å²) in [6.07, 6.45) is 0. The van der Waals surface area contributed by atoms with E-state index in [9.17, 15) is 0 Å². The topological polar surface area (TPSA) is 0 Å². The summed E-state index contributed by atoms with van der Waals surface area (Å²) in [7, 11) is 2.29. The highest BCUT2D eigenvalue weighted by Crippen LogP contribution is 2.35. The van der Waals surface area contributed by atoms with Crippen molar-refractivity contribution in [1.82, 2.24) is 0 Å². The molecule has 0 aliphatic heterocycles. The van der Waals surface area contributed by atoms with E-state index in [1.807, 2.05) is 0 Å². The van der Waals surface area contributed by atoms with E-state index < -0.39 is 0 Å². The van der Waals surface area contributed by atoms with Crippen LogP contribution >= 0.6 is 89.5 Å². The Labute approximate surface area is 137 Å². The molecule has 82 valence electrons. The standard InChI is InChI=1S/C7H18N.BI4/c1-5-8(4,6-2)7-3;2-1(3,4)5/h5-7H2,1-4H3;/q+1;-1. The fourth-order valence-corrected chi connectivity index (χ4v) is 0.671. The second-order valence-corrected chi connectivity index (χ2v) is 24.8. The van der Waals surface area contributed by atoms with Gasteiger partial charge >= 0.3 is 0 Å². The average molecular weight is 635 g/mol. The lowest BCUT2D eigenvalue weighted by Gasteiger charge is -2.30. The fourth-order valence-electron chi connectivity index (χ4n) is 0.671. The molecular weight excluding hydrogens is 617 g/mol. The Bertz CT molecular complexity index is 108. The predicted octanol–water partition coefficient (Wildman–Crippen LogP) is 4.65. The van der Waals surface area contributed by atoms with Crippen molar-refractivity contribution in [2.75, 3.05) is 26.7 Å². The molecule has 0 N–H and O–H groups in total. The Morgan fingerprint density at radius 2 is 1.00 bits per heavy atom. The van der Waals surface area contributed by atoms with Gasteiger partial charge < -0.3 is 94.0 Å².